The summed E-state index contributed by atoms with van der Waals surface area (Å²) in [5, 5.41) is 5.45. The molecule has 0 unspecified atom stereocenters. The number of aromatic nitrogens is 2. The molecule has 2 N–H and O–H groups in total. The topological polar surface area (TPSA) is 93.1 Å². The normalized spacial score (nSPS) is 14.1. The van der Waals surface area contributed by atoms with E-state index in [-0.39, 0.29) is 5.56 Å². The average molecular weight is 485 g/mol. The van der Waals surface area contributed by atoms with E-state index in [1.54, 1.807) is 29.8 Å². The summed E-state index contributed by atoms with van der Waals surface area (Å²) in [6.45, 7) is 7.90. The summed E-state index contributed by atoms with van der Waals surface area (Å²) >= 11 is 2.78. The summed E-state index contributed by atoms with van der Waals surface area (Å²) in [5.74, 6) is -0.432. The van der Waals surface area contributed by atoms with Crippen molar-refractivity contribution in [2.24, 2.45) is 0 Å². The van der Waals surface area contributed by atoms with Crippen LogP contribution in [0.2, 0.25) is 0 Å². The molecule has 1 aliphatic rings. The highest BCUT2D eigenvalue weighted by atomic mass is 32.2. The number of rotatable bonds is 5. The number of nitrogens with zero attached hydrogens (tertiary/aromatic N) is 2. The molecule has 4 rings (SSSR count). The van der Waals surface area contributed by atoms with Gasteiger partial charge in [-0.05, 0) is 70.6 Å². The summed E-state index contributed by atoms with van der Waals surface area (Å²) in [6, 6.07) is 5.41. The molecule has 0 bridgehead atoms. The molecule has 0 spiro atoms. The maximum absolute atomic E-state index is 13.9. The van der Waals surface area contributed by atoms with Crippen molar-refractivity contribution in [2.45, 2.75) is 63.8 Å². The maximum atomic E-state index is 13.9. The Balaban J connectivity index is 1.83. The first-order valence-electron chi connectivity index (χ1n) is 11.2. The van der Waals surface area contributed by atoms with E-state index in [2.05, 4.69) is 10.6 Å². The molecule has 0 saturated carbocycles. The third-order valence-corrected chi connectivity index (χ3v) is 8.01. The molecule has 2 heterocycles. The second kappa shape index (κ2) is 9.69. The highest BCUT2D eigenvalue weighted by Gasteiger charge is 2.26. The standard InChI is InChI=1S/C24H28N4O3S2/c1-5-25-23(31)26-20(29)15(4)32-24-27-21-19(16-8-6-7-9-18(16)33-21)22(30)28(24)17-11-10-13(2)12-14(17)3/h10-12,15H,5-9H2,1-4H3,(H2,25,26,29,31)/t15-/m0/s1. The number of imide groups is 1. The second-order valence-corrected chi connectivity index (χ2v) is 10.7. The van der Waals surface area contributed by atoms with Gasteiger partial charge < -0.3 is 5.32 Å². The molecule has 9 heteroatoms. The fraction of sp³-hybridized carbons (Fsp3) is 0.417. The zero-order valence-electron chi connectivity index (χ0n) is 19.3. The molecule has 1 atom stereocenters. The Labute approximate surface area is 201 Å². The van der Waals surface area contributed by atoms with Crippen molar-refractivity contribution in [1.82, 2.24) is 20.2 Å². The minimum absolute atomic E-state index is 0.0924. The minimum atomic E-state index is -0.622. The van der Waals surface area contributed by atoms with Gasteiger partial charge in [0, 0.05) is 11.4 Å². The van der Waals surface area contributed by atoms with Crippen LogP contribution in [0.1, 0.15) is 48.3 Å². The van der Waals surface area contributed by atoms with Gasteiger partial charge in [0.05, 0.1) is 16.3 Å². The van der Waals surface area contributed by atoms with E-state index in [0.717, 1.165) is 52.9 Å². The number of hydrogen-bond acceptors (Lipinski definition) is 6. The van der Waals surface area contributed by atoms with Crippen LogP contribution in [0.5, 0.6) is 0 Å². The molecule has 1 aliphatic carbocycles. The van der Waals surface area contributed by atoms with Gasteiger partial charge in [-0.15, -0.1) is 11.3 Å². The Morgan fingerprint density at radius 3 is 2.73 bits per heavy atom. The molecule has 3 amide bonds. The van der Waals surface area contributed by atoms with E-state index in [4.69, 9.17) is 4.98 Å². The van der Waals surface area contributed by atoms with E-state index in [1.807, 2.05) is 32.0 Å². The number of amides is 3. The van der Waals surface area contributed by atoms with Crippen molar-refractivity contribution in [3.8, 4) is 5.69 Å². The largest absolute Gasteiger partial charge is 0.338 e. The predicted molar refractivity (Wildman–Crippen MR) is 134 cm³/mol. The zero-order chi connectivity index (χ0) is 23.7. The number of thioether (sulfide) groups is 1. The molecule has 7 nitrogen and oxygen atoms in total. The molecule has 0 aliphatic heterocycles. The third kappa shape index (κ3) is 4.70. The van der Waals surface area contributed by atoms with Gasteiger partial charge in [0.25, 0.3) is 5.56 Å². The highest BCUT2D eigenvalue weighted by molar-refractivity contribution is 8.00. The van der Waals surface area contributed by atoms with Crippen LogP contribution in [0, 0.1) is 13.8 Å². The molecule has 0 fully saturated rings. The van der Waals surface area contributed by atoms with Crippen LogP contribution in [0.15, 0.2) is 28.2 Å². The number of nitrogens with one attached hydrogen (secondary N) is 2. The summed E-state index contributed by atoms with van der Waals surface area (Å²) in [4.78, 5) is 45.1. The Morgan fingerprint density at radius 1 is 1.24 bits per heavy atom. The van der Waals surface area contributed by atoms with Crippen LogP contribution in [-0.2, 0) is 17.6 Å². The van der Waals surface area contributed by atoms with Gasteiger partial charge in [0.2, 0.25) is 5.91 Å². The zero-order valence-corrected chi connectivity index (χ0v) is 20.9. The van der Waals surface area contributed by atoms with Crippen LogP contribution >= 0.6 is 23.1 Å². The summed E-state index contributed by atoms with van der Waals surface area (Å²) in [5.41, 5.74) is 3.87. The maximum Gasteiger partial charge on any atom is 0.321 e. The number of benzene rings is 1. The first-order valence-corrected chi connectivity index (χ1v) is 12.9. The number of fused-ring (bicyclic) bond motifs is 3. The first kappa shape index (κ1) is 23.5. The van der Waals surface area contributed by atoms with Crippen LogP contribution in [0.3, 0.4) is 0 Å². The van der Waals surface area contributed by atoms with Crippen LogP contribution in [0.25, 0.3) is 15.9 Å². The SMILES string of the molecule is CCNC(=O)NC(=O)[C@H](C)Sc1nc2sc3c(c2c(=O)n1-c1ccc(C)cc1C)CCCC3. The average Bonchev–Trinajstić information content (AvgIpc) is 3.13. The number of carbonyl (C=O) groups is 2. The lowest BCUT2D eigenvalue weighted by Crippen LogP contribution is -2.42. The van der Waals surface area contributed by atoms with E-state index in [9.17, 15) is 14.4 Å². The molecule has 174 valence electrons. The number of hydrogen-bond donors (Lipinski definition) is 2. The van der Waals surface area contributed by atoms with Gasteiger partial charge in [-0.3, -0.25) is 19.5 Å². The lowest BCUT2D eigenvalue weighted by molar-refractivity contribution is -0.119. The number of carbonyl (C=O) groups excluding carboxylic acids is 2. The van der Waals surface area contributed by atoms with Gasteiger partial charge in [-0.2, -0.15) is 0 Å². The van der Waals surface area contributed by atoms with Gasteiger partial charge in [-0.25, -0.2) is 9.78 Å². The molecule has 33 heavy (non-hydrogen) atoms. The quantitative estimate of drug-likeness (QED) is 0.417. The molecular weight excluding hydrogens is 456 g/mol. The molecular formula is C24H28N4O3S2. The highest BCUT2D eigenvalue weighted by Crippen LogP contribution is 2.36. The first-order chi connectivity index (χ1) is 15.8. The van der Waals surface area contributed by atoms with Gasteiger partial charge in [0.15, 0.2) is 5.16 Å². The van der Waals surface area contributed by atoms with Crippen molar-refractivity contribution >= 4 is 45.3 Å². The lowest BCUT2D eigenvalue weighted by Gasteiger charge is -2.17. The summed E-state index contributed by atoms with van der Waals surface area (Å²) in [7, 11) is 0. The fourth-order valence-electron chi connectivity index (χ4n) is 4.16. The molecule has 0 saturated heterocycles. The third-order valence-electron chi connectivity index (χ3n) is 5.78. The van der Waals surface area contributed by atoms with E-state index in [0.29, 0.717) is 17.1 Å². The molecule has 1 aromatic carbocycles. The van der Waals surface area contributed by atoms with Gasteiger partial charge in [0.1, 0.15) is 4.83 Å². The van der Waals surface area contributed by atoms with Crippen molar-refractivity contribution in [2.75, 3.05) is 6.54 Å². The fourth-order valence-corrected chi connectivity index (χ4v) is 6.39. The van der Waals surface area contributed by atoms with Crippen LogP contribution < -0.4 is 16.2 Å². The predicted octanol–water partition coefficient (Wildman–Crippen LogP) is 4.27. The van der Waals surface area contributed by atoms with Crippen molar-refractivity contribution < 1.29 is 9.59 Å². The monoisotopic (exact) mass is 484 g/mol. The number of aryl methyl sites for hydroxylation is 4. The van der Waals surface area contributed by atoms with Crippen LogP contribution in [-0.4, -0.2) is 33.3 Å². The molecule has 0 radical (unpaired) electrons. The molecule has 3 aromatic rings. The Morgan fingerprint density at radius 2 is 2.00 bits per heavy atom. The Bertz CT molecular complexity index is 1300. The van der Waals surface area contributed by atoms with Crippen LogP contribution in [0.4, 0.5) is 4.79 Å². The van der Waals surface area contributed by atoms with E-state index < -0.39 is 17.2 Å². The smallest absolute Gasteiger partial charge is 0.321 e. The van der Waals surface area contributed by atoms with Gasteiger partial charge >= 0.3 is 6.03 Å². The lowest BCUT2D eigenvalue weighted by atomic mass is 9.97. The van der Waals surface area contributed by atoms with E-state index in [1.165, 1.54) is 16.6 Å². The molecule has 2 aromatic heterocycles. The van der Waals surface area contributed by atoms with Crippen molar-refractivity contribution in [1.29, 1.82) is 0 Å². The second-order valence-electron chi connectivity index (χ2n) is 8.32. The van der Waals surface area contributed by atoms with Gasteiger partial charge in [-0.1, -0.05) is 29.5 Å². The number of thiophene rings is 1. The summed E-state index contributed by atoms with van der Waals surface area (Å²) < 4.78 is 1.64. The van der Waals surface area contributed by atoms with E-state index >= 15 is 0 Å². The number of urea groups is 1. The Hall–Kier alpha value is -2.65. The minimum Gasteiger partial charge on any atom is -0.338 e. The van der Waals surface area contributed by atoms with Crippen molar-refractivity contribution in [3.05, 3.63) is 50.1 Å². The summed E-state index contributed by atoms with van der Waals surface area (Å²) in [6.07, 6.45) is 4.09. The van der Waals surface area contributed by atoms with Crippen molar-refractivity contribution in [3.63, 3.8) is 0 Å². The Kier molecular flexibility index (Phi) is 6.90.